The molecule has 0 unspecified atom stereocenters. The lowest BCUT2D eigenvalue weighted by atomic mass is 10.0. The molecule has 2 heterocycles. The first-order valence-electron chi connectivity index (χ1n) is 10.9. The van der Waals surface area contributed by atoms with Gasteiger partial charge in [-0.1, -0.05) is 26.7 Å². The Morgan fingerprint density at radius 3 is 2.33 bits per heavy atom. The van der Waals surface area contributed by atoms with E-state index in [0.29, 0.717) is 32.5 Å². The van der Waals surface area contributed by atoms with Crippen LogP contribution in [0, 0.1) is 5.92 Å². The molecular weight excluding hydrogens is 402 g/mol. The van der Waals surface area contributed by atoms with Crippen molar-refractivity contribution in [2.45, 2.75) is 70.2 Å². The first kappa shape index (κ1) is 22.7. The Labute approximate surface area is 179 Å². The van der Waals surface area contributed by atoms with Crippen molar-refractivity contribution in [1.29, 1.82) is 0 Å². The summed E-state index contributed by atoms with van der Waals surface area (Å²) in [4.78, 5) is 28.5. The van der Waals surface area contributed by atoms with Gasteiger partial charge in [-0.15, -0.1) is 0 Å². The smallest absolute Gasteiger partial charge is 0.241 e. The van der Waals surface area contributed by atoms with Gasteiger partial charge in [0.2, 0.25) is 21.8 Å². The number of anilines is 1. The molecule has 0 aromatic heterocycles. The predicted molar refractivity (Wildman–Crippen MR) is 117 cm³/mol. The minimum atomic E-state index is -3.86. The van der Waals surface area contributed by atoms with E-state index in [1.807, 2.05) is 18.7 Å². The number of nitrogens with zero attached hydrogens (tertiary/aromatic N) is 2. The van der Waals surface area contributed by atoms with Crippen LogP contribution in [0.2, 0.25) is 0 Å². The van der Waals surface area contributed by atoms with Crippen LogP contribution < -0.4 is 9.62 Å². The molecule has 1 fully saturated rings. The number of sulfonamides is 1. The van der Waals surface area contributed by atoms with E-state index < -0.39 is 16.1 Å². The minimum Gasteiger partial charge on any atom is -0.341 e. The maximum absolute atomic E-state index is 13.2. The average molecular weight is 436 g/mol. The summed E-state index contributed by atoms with van der Waals surface area (Å²) in [5.74, 6) is -0.00149. The molecule has 8 heteroatoms. The zero-order valence-corrected chi connectivity index (χ0v) is 19.0. The summed E-state index contributed by atoms with van der Waals surface area (Å²) in [6.07, 6.45) is 5.22. The van der Waals surface area contributed by atoms with Crippen molar-refractivity contribution in [2.75, 3.05) is 24.5 Å². The minimum absolute atomic E-state index is 0.0532. The van der Waals surface area contributed by atoms with Crippen LogP contribution in [-0.4, -0.2) is 50.8 Å². The third-order valence-corrected chi connectivity index (χ3v) is 7.33. The molecule has 1 N–H and O–H groups in total. The molecule has 1 aromatic rings. The van der Waals surface area contributed by atoms with Crippen molar-refractivity contribution in [3.05, 3.63) is 23.8 Å². The molecule has 1 saturated heterocycles. The van der Waals surface area contributed by atoms with Gasteiger partial charge in [-0.3, -0.25) is 9.59 Å². The molecule has 0 aliphatic carbocycles. The number of carbonyl (C=O) groups excluding carboxylic acids is 2. The van der Waals surface area contributed by atoms with Gasteiger partial charge in [0, 0.05) is 32.2 Å². The van der Waals surface area contributed by atoms with Crippen molar-refractivity contribution < 1.29 is 18.0 Å². The van der Waals surface area contributed by atoms with Crippen molar-refractivity contribution >= 4 is 27.5 Å². The number of hydrogen-bond donors (Lipinski definition) is 1. The average Bonchev–Trinajstić information content (AvgIpc) is 2.92. The molecule has 0 radical (unpaired) electrons. The monoisotopic (exact) mass is 435 g/mol. The summed E-state index contributed by atoms with van der Waals surface area (Å²) < 4.78 is 28.9. The highest BCUT2D eigenvalue weighted by atomic mass is 32.2. The second-order valence-corrected chi connectivity index (χ2v) is 10.5. The van der Waals surface area contributed by atoms with Crippen LogP contribution in [0.1, 0.15) is 58.4 Å². The number of nitrogens with one attached hydrogen (secondary N) is 1. The third kappa shape index (κ3) is 5.21. The Balaban J connectivity index is 1.81. The molecule has 1 aromatic carbocycles. The van der Waals surface area contributed by atoms with Gasteiger partial charge in [-0.05, 0) is 55.4 Å². The van der Waals surface area contributed by atoms with Crippen LogP contribution in [-0.2, 0) is 26.0 Å². The molecule has 3 rings (SSSR count). The highest BCUT2D eigenvalue weighted by Gasteiger charge is 2.31. The van der Waals surface area contributed by atoms with Crippen LogP contribution in [0.15, 0.2) is 23.1 Å². The standard InChI is InChI=1S/C22H33N3O4S/c1-16(2)14-20(22(27)24-11-6-4-5-7-12-24)23-30(28,29)19-8-9-21-18(15-19)10-13-25(21)17(3)26/h8-9,15-16,20,23H,4-7,10-14H2,1-3H3/t20-/m0/s1. The van der Waals surface area contributed by atoms with Gasteiger partial charge >= 0.3 is 0 Å². The van der Waals surface area contributed by atoms with Crippen molar-refractivity contribution in [3.8, 4) is 0 Å². The summed E-state index contributed by atoms with van der Waals surface area (Å²) in [6.45, 7) is 7.42. The molecule has 2 amide bonds. The van der Waals surface area contributed by atoms with Crippen LogP contribution >= 0.6 is 0 Å². The molecule has 2 aliphatic heterocycles. The van der Waals surface area contributed by atoms with Gasteiger partial charge < -0.3 is 9.80 Å². The van der Waals surface area contributed by atoms with Gasteiger partial charge in [-0.25, -0.2) is 8.42 Å². The number of carbonyl (C=O) groups is 2. The molecule has 0 bridgehead atoms. The molecular formula is C22H33N3O4S. The Bertz CT molecular complexity index is 890. The van der Waals surface area contributed by atoms with E-state index in [2.05, 4.69) is 4.72 Å². The van der Waals surface area contributed by atoms with E-state index in [-0.39, 0.29) is 22.6 Å². The molecule has 0 spiro atoms. The van der Waals surface area contributed by atoms with E-state index in [4.69, 9.17) is 0 Å². The number of likely N-dealkylation sites (tertiary alicyclic amines) is 1. The topological polar surface area (TPSA) is 86.8 Å². The quantitative estimate of drug-likeness (QED) is 0.744. The number of amides is 2. The van der Waals surface area contributed by atoms with E-state index in [0.717, 1.165) is 36.9 Å². The van der Waals surface area contributed by atoms with Gasteiger partial charge in [0.1, 0.15) is 6.04 Å². The summed E-state index contributed by atoms with van der Waals surface area (Å²) >= 11 is 0. The van der Waals surface area contributed by atoms with Gasteiger partial charge in [0.25, 0.3) is 0 Å². The largest absolute Gasteiger partial charge is 0.341 e. The SMILES string of the molecule is CC(=O)N1CCc2cc(S(=O)(=O)N[C@@H](CC(C)C)C(=O)N3CCCCCC3)ccc21. The maximum atomic E-state index is 13.2. The lowest BCUT2D eigenvalue weighted by Gasteiger charge is -2.27. The van der Waals surface area contributed by atoms with Crippen LogP contribution in [0.25, 0.3) is 0 Å². The van der Waals surface area contributed by atoms with Crippen molar-refractivity contribution in [2.24, 2.45) is 5.92 Å². The number of hydrogen-bond acceptors (Lipinski definition) is 4. The first-order valence-corrected chi connectivity index (χ1v) is 12.4. The van der Waals surface area contributed by atoms with Crippen molar-refractivity contribution in [1.82, 2.24) is 9.62 Å². The maximum Gasteiger partial charge on any atom is 0.241 e. The Morgan fingerprint density at radius 2 is 1.73 bits per heavy atom. The molecule has 30 heavy (non-hydrogen) atoms. The molecule has 166 valence electrons. The molecule has 1 atom stereocenters. The van der Waals surface area contributed by atoms with Gasteiger partial charge in [0.05, 0.1) is 4.90 Å². The Hall–Kier alpha value is -1.93. The lowest BCUT2D eigenvalue weighted by Crippen LogP contribution is -2.49. The summed E-state index contributed by atoms with van der Waals surface area (Å²) in [5, 5.41) is 0. The first-order chi connectivity index (χ1) is 14.2. The Kier molecular flexibility index (Phi) is 7.18. The lowest BCUT2D eigenvalue weighted by molar-refractivity contribution is -0.133. The van der Waals surface area contributed by atoms with Crippen molar-refractivity contribution in [3.63, 3.8) is 0 Å². The second kappa shape index (κ2) is 9.47. The fraction of sp³-hybridized carbons (Fsp3) is 0.636. The fourth-order valence-electron chi connectivity index (χ4n) is 4.31. The third-order valence-electron chi connectivity index (χ3n) is 5.86. The zero-order chi connectivity index (χ0) is 21.9. The van der Waals surface area contributed by atoms with Gasteiger partial charge in [0.15, 0.2) is 0 Å². The molecule has 0 saturated carbocycles. The molecule has 2 aliphatic rings. The van der Waals surface area contributed by atoms with Crippen LogP contribution in [0.3, 0.4) is 0 Å². The van der Waals surface area contributed by atoms with E-state index in [1.54, 1.807) is 17.0 Å². The summed E-state index contributed by atoms with van der Waals surface area (Å²) in [6, 6.07) is 4.07. The van der Waals surface area contributed by atoms with Crippen LogP contribution in [0.5, 0.6) is 0 Å². The number of fused-ring (bicyclic) bond motifs is 1. The van der Waals surface area contributed by atoms with E-state index >= 15 is 0 Å². The predicted octanol–water partition coefficient (Wildman–Crippen LogP) is 2.69. The second-order valence-electron chi connectivity index (χ2n) is 8.75. The normalized spacial score (nSPS) is 18.3. The summed E-state index contributed by atoms with van der Waals surface area (Å²) in [7, 11) is -3.86. The highest BCUT2D eigenvalue weighted by molar-refractivity contribution is 7.89. The fourth-order valence-corrected chi connectivity index (χ4v) is 5.56. The highest BCUT2D eigenvalue weighted by Crippen LogP contribution is 2.30. The summed E-state index contributed by atoms with van der Waals surface area (Å²) in [5.41, 5.74) is 1.60. The van der Waals surface area contributed by atoms with Crippen LogP contribution in [0.4, 0.5) is 5.69 Å². The Morgan fingerprint density at radius 1 is 1.07 bits per heavy atom. The zero-order valence-electron chi connectivity index (χ0n) is 18.2. The van der Waals surface area contributed by atoms with E-state index in [1.165, 1.54) is 13.0 Å². The number of benzene rings is 1. The number of rotatable bonds is 6. The van der Waals surface area contributed by atoms with Gasteiger partial charge in [-0.2, -0.15) is 4.72 Å². The molecule has 7 nitrogen and oxygen atoms in total. The van der Waals surface area contributed by atoms with E-state index in [9.17, 15) is 18.0 Å².